The van der Waals surface area contributed by atoms with E-state index in [1.165, 1.54) is 18.1 Å². The quantitative estimate of drug-likeness (QED) is 0.459. The number of benzene rings is 2. The van der Waals surface area contributed by atoms with Crippen molar-refractivity contribution in [1.29, 1.82) is 0 Å². The minimum absolute atomic E-state index is 0.0180. The molecule has 26 heavy (non-hydrogen) atoms. The fourth-order valence-corrected chi connectivity index (χ4v) is 3.22. The van der Waals surface area contributed by atoms with Crippen molar-refractivity contribution in [2.24, 2.45) is 0 Å². The lowest BCUT2D eigenvalue weighted by atomic mass is 10.1. The van der Waals surface area contributed by atoms with Crippen LogP contribution in [0.25, 0.3) is 6.08 Å². The first-order valence-electron chi connectivity index (χ1n) is 7.72. The number of nitrogens with zero attached hydrogens (tertiary/aromatic N) is 1. The molecule has 7 heteroatoms. The summed E-state index contributed by atoms with van der Waals surface area (Å²) in [6.45, 7) is 1.95. The van der Waals surface area contributed by atoms with E-state index in [-0.39, 0.29) is 10.7 Å². The lowest BCUT2D eigenvalue weighted by Gasteiger charge is -2.29. The van der Waals surface area contributed by atoms with Gasteiger partial charge in [-0.15, -0.1) is 0 Å². The monoisotopic (exact) mass is 430 g/mol. The average molecular weight is 431 g/mol. The number of hydrogen-bond donors (Lipinski definition) is 1. The van der Waals surface area contributed by atoms with Crippen LogP contribution >= 0.6 is 28.1 Å². The van der Waals surface area contributed by atoms with Crippen molar-refractivity contribution in [3.63, 3.8) is 0 Å². The number of aryl methyl sites for hydroxylation is 1. The minimum atomic E-state index is -0.537. The van der Waals surface area contributed by atoms with Gasteiger partial charge in [-0.1, -0.05) is 33.6 Å². The predicted octanol–water partition coefficient (Wildman–Crippen LogP) is 3.60. The maximum atomic E-state index is 13.0. The van der Waals surface area contributed by atoms with Crippen molar-refractivity contribution in [2.75, 3.05) is 12.0 Å². The zero-order chi connectivity index (χ0) is 18.8. The standard InChI is InChI=1S/C19H15BrN2O3S/c1-11-3-6-14(7-4-11)22-18(24)15(17(23)21-19(22)26)10-12-9-13(20)5-8-16(12)25-2/h3-10H,1-2H3,(H,21,23,26)/b15-10+. The molecule has 0 spiro atoms. The van der Waals surface area contributed by atoms with Crippen LogP contribution in [0.2, 0.25) is 0 Å². The Morgan fingerprint density at radius 3 is 2.50 bits per heavy atom. The second kappa shape index (κ2) is 7.39. The highest BCUT2D eigenvalue weighted by atomic mass is 79.9. The van der Waals surface area contributed by atoms with Crippen LogP contribution in [0.5, 0.6) is 5.75 Å². The van der Waals surface area contributed by atoms with E-state index in [1.807, 2.05) is 25.1 Å². The van der Waals surface area contributed by atoms with Gasteiger partial charge in [0.15, 0.2) is 5.11 Å². The highest BCUT2D eigenvalue weighted by Gasteiger charge is 2.34. The van der Waals surface area contributed by atoms with Crippen molar-refractivity contribution in [2.45, 2.75) is 6.92 Å². The largest absolute Gasteiger partial charge is 0.496 e. The molecule has 2 aromatic carbocycles. The molecule has 0 aromatic heterocycles. The zero-order valence-corrected chi connectivity index (χ0v) is 16.5. The molecule has 0 atom stereocenters. The number of nitrogens with one attached hydrogen (secondary N) is 1. The molecule has 0 saturated carbocycles. The molecule has 2 amide bonds. The van der Waals surface area contributed by atoms with Gasteiger partial charge in [0.05, 0.1) is 12.8 Å². The first-order chi connectivity index (χ1) is 12.4. The molecule has 1 aliphatic rings. The van der Waals surface area contributed by atoms with E-state index in [1.54, 1.807) is 24.3 Å². The molecule has 132 valence electrons. The van der Waals surface area contributed by atoms with Crippen molar-refractivity contribution < 1.29 is 14.3 Å². The third kappa shape index (κ3) is 3.54. The molecule has 0 radical (unpaired) electrons. The Morgan fingerprint density at radius 1 is 1.15 bits per heavy atom. The molecule has 0 unspecified atom stereocenters. The van der Waals surface area contributed by atoms with E-state index >= 15 is 0 Å². The topological polar surface area (TPSA) is 58.6 Å². The van der Waals surface area contributed by atoms with Crippen LogP contribution in [0.1, 0.15) is 11.1 Å². The normalized spacial score (nSPS) is 16.0. The maximum absolute atomic E-state index is 13.0. The van der Waals surface area contributed by atoms with Crippen LogP contribution in [-0.4, -0.2) is 24.0 Å². The Kier molecular flexibility index (Phi) is 5.20. The number of ether oxygens (including phenoxy) is 1. The number of hydrogen-bond acceptors (Lipinski definition) is 4. The van der Waals surface area contributed by atoms with Crippen molar-refractivity contribution in [3.8, 4) is 5.75 Å². The van der Waals surface area contributed by atoms with Crippen LogP contribution in [0.4, 0.5) is 5.69 Å². The Bertz CT molecular complexity index is 938. The van der Waals surface area contributed by atoms with Crippen molar-refractivity contribution >= 4 is 56.8 Å². The number of methoxy groups -OCH3 is 1. The number of thiocarbonyl (C=S) groups is 1. The first-order valence-corrected chi connectivity index (χ1v) is 8.92. The Balaban J connectivity index is 2.06. The molecule has 1 fully saturated rings. The van der Waals surface area contributed by atoms with Crippen LogP contribution in [0.3, 0.4) is 0 Å². The summed E-state index contributed by atoms with van der Waals surface area (Å²) in [6.07, 6.45) is 1.50. The van der Waals surface area contributed by atoms with Crippen molar-refractivity contribution in [1.82, 2.24) is 5.32 Å². The molecule has 1 heterocycles. The number of amides is 2. The highest BCUT2D eigenvalue weighted by Crippen LogP contribution is 2.27. The number of carbonyl (C=O) groups excluding carboxylic acids is 2. The summed E-state index contributed by atoms with van der Waals surface area (Å²) < 4.78 is 6.12. The van der Waals surface area contributed by atoms with Gasteiger partial charge in [0.2, 0.25) is 0 Å². The van der Waals surface area contributed by atoms with Crippen molar-refractivity contribution in [3.05, 3.63) is 63.6 Å². The first kappa shape index (κ1) is 18.3. The van der Waals surface area contributed by atoms with E-state index in [0.717, 1.165) is 10.0 Å². The van der Waals surface area contributed by atoms with Gasteiger partial charge in [0.1, 0.15) is 11.3 Å². The Morgan fingerprint density at radius 2 is 1.85 bits per heavy atom. The molecule has 1 aliphatic heterocycles. The predicted molar refractivity (Wildman–Crippen MR) is 108 cm³/mol. The summed E-state index contributed by atoms with van der Waals surface area (Å²) in [5.74, 6) is -0.466. The number of carbonyl (C=O) groups is 2. The fourth-order valence-electron chi connectivity index (χ4n) is 2.56. The summed E-state index contributed by atoms with van der Waals surface area (Å²) in [4.78, 5) is 26.7. The van der Waals surface area contributed by atoms with E-state index in [0.29, 0.717) is 17.0 Å². The van der Waals surface area contributed by atoms with Crippen LogP contribution in [-0.2, 0) is 9.59 Å². The fraction of sp³-hybridized carbons (Fsp3) is 0.105. The van der Waals surface area contributed by atoms with Crippen LogP contribution < -0.4 is 15.0 Å². The summed E-state index contributed by atoms with van der Waals surface area (Å²) in [5.41, 5.74) is 2.24. The van der Waals surface area contributed by atoms with E-state index in [2.05, 4.69) is 21.2 Å². The van der Waals surface area contributed by atoms with Crippen LogP contribution in [0.15, 0.2) is 52.5 Å². The zero-order valence-electron chi connectivity index (χ0n) is 14.1. The third-order valence-electron chi connectivity index (χ3n) is 3.89. The van der Waals surface area contributed by atoms with E-state index in [9.17, 15) is 9.59 Å². The second-order valence-corrected chi connectivity index (χ2v) is 6.98. The van der Waals surface area contributed by atoms with Gasteiger partial charge < -0.3 is 4.74 Å². The average Bonchev–Trinajstić information content (AvgIpc) is 2.60. The molecule has 0 bridgehead atoms. The molecular weight excluding hydrogens is 416 g/mol. The van der Waals surface area contributed by atoms with Gasteiger partial charge in [-0.05, 0) is 55.5 Å². The summed E-state index contributed by atoms with van der Waals surface area (Å²) >= 11 is 8.58. The molecule has 1 N–H and O–H groups in total. The van der Waals surface area contributed by atoms with Crippen LogP contribution in [0, 0.1) is 6.92 Å². The molecule has 2 aromatic rings. The molecule has 3 rings (SSSR count). The smallest absolute Gasteiger partial charge is 0.270 e. The van der Waals surface area contributed by atoms with Gasteiger partial charge in [-0.3, -0.25) is 19.8 Å². The Labute approximate surface area is 164 Å². The molecule has 0 aliphatic carbocycles. The summed E-state index contributed by atoms with van der Waals surface area (Å²) in [7, 11) is 1.53. The molecule has 1 saturated heterocycles. The lowest BCUT2D eigenvalue weighted by molar-refractivity contribution is -0.122. The maximum Gasteiger partial charge on any atom is 0.270 e. The second-order valence-electron chi connectivity index (χ2n) is 5.68. The lowest BCUT2D eigenvalue weighted by Crippen LogP contribution is -2.54. The van der Waals surface area contributed by atoms with Gasteiger partial charge in [0, 0.05) is 10.0 Å². The molecule has 5 nitrogen and oxygen atoms in total. The van der Waals surface area contributed by atoms with Gasteiger partial charge in [0.25, 0.3) is 11.8 Å². The summed E-state index contributed by atoms with van der Waals surface area (Å²) in [5, 5.41) is 2.63. The van der Waals surface area contributed by atoms with Gasteiger partial charge >= 0.3 is 0 Å². The molecular formula is C19H15BrN2O3S. The third-order valence-corrected chi connectivity index (χ3v) is 4.66. The van der Waals surface area contributed by atoms with E-state index in [4.69, 9.17) is 17.0 Å². The van der Waals surface area contributed by atoms with Gasteiger partial charge in [-0.2, -0.15) is 0 Å². The highest BCUT2D eigenvalue weighted by molar-refractivity contribution is 9.10. The minimum Gasteiger partial charge on any atom is -0.496 e. The number of halogens is 1. The van der Waals surface area contributed by atoms with Gasteiger partial charge in [-0.25, -0.2) is 0 Å². The summed E-state index contributed by atoms with van der Waals surface area (Å²) in [6, 6.07) is 12.7. The number of anilines is 1. The Hall–Kier alpha value is -2.51. The SMILES string of the molecule is COc1ccc(Br)cc1/C=C1\C(=O)NC(=S)N(c2ccc(C)cc2)C1=O. The van der Waals surface area contributed by atoms with E-state index < -0.39 is 11.8 Å². The number of rotatable bonds is 3.